The molecule has 0 spiro atoms. The maximum absolute atomic E-state index is 13.5. The fraction of sp³-hybridized carbons (Fsp3) is 0.167. The van der Waals surface area contributed by atoms with Gasteiger partial charge >= 0.3 is 12.3 Å². The number of sulfone groups is 1. The molecule has 1 amide bonds. The lowest BCUT2D eigenvalue weighted by Crippen LogP contribution is -2.29. The van der Waals surface area contributed by atoms with Crippen LogP contribution in [-0.2, 0) is 19.4 Å². The number of hydrogen-bond acceptors (Lipinski definition) is 10. The zero-order chi connectivity index (χ0) is 33.6. The quantitative estimate of drug-likeness (QED) is 0.0722. The van der Waals surface area contributed by atoms with E-state index in [1.165, 1.54) is 0 Å². The van der Waals surface area contributed by atoms with Gasteiger partial charge in [-0.2, -0.15) is 0 Å². The molecular formula is C30H22F3N3O8S2. The number of amides is 1. The van der Waals surface area contributed by atoms with Gasteiger partial charge in [-0.25, -0.2) is 13.4 Å². The van der Waals surface area contributed by atoms with Gasteiger partial charge in [-0.1, -0.05) is 49.4 Å². The molecule has 1 aliphatic rings. The third-order valence-corrected chi connectivity index (χ3v) is 10.3. The number of halogens is 3. The molecule has 46 heavy (non-hydrogen) atoms. The number of nitro benzene ring substituents is 1. The molecule has 0 saturated carbocycles. The van der Waals surface area contributed by atoms with Gasteiger partial charge < -0.3 is 9.84 Å². The summed E-state index contributed by atoms with van der Waals surface area (Å²) in [5.74, 6) is -3.40. The number of Topliss-reactive ketones (excluding diaryl/α,β-unsaturated/α-hetero) is 1. The summed E-state index contributed by atoms with van der Waals surface area (Å²) >= 11 is 0.564. The van der Waals surface area contributed by atoms with E-state index in [9.17, 15) is 46.4 Å². The minimum absolute atomic E-state index is 0.0862. The van der Waals surface area contributed by atoms with Gasteiger partial charge in [-0.15, -0.1) is 13.2 Å². The first-order valence-corrected chi connectivity index (χ1v) is 15.6. The zero-order valence-corrected chi connectivity index (χ0v) is 25.4. The summed E-state index contributed by atoms with van der Waals surface area (Å²) in [6.07, 6.45) is -3.98. The molecule has 11 nitrogen and oxygen atoms in total. The second-order valence-corrected chi connectivity index (χ2v) is 13.5. The van der Waals surface area contributed by atoms with E-state index >= 15 is 0 Å². The average Bonchev–Trinajstić information content (AvgIpc) is 3.60. The molecule has 238 valence electrons. The summed E-state index contributed by atoms with van der Waals surface area (Å²) in [6.45, 7) is 3.91. The highest BCUT2D eigenvalue weighted by molar-refractivity contribution is 7.93. The number of benzene rings is 3. The maximum Gasteiger partial charge on any atom is 0.573 e. The largest absolute Gasteiger partial charge is 0.573 e. The fourth-order valence-electron chi connectivity index (χ4n) is 4.73. The Morgan fingerprint density at radius 1 is 1.02 bits per heavy atom. The Bertz CT molecular complexity index is 1970. The second-order valence-electron chi connectivity index (χ2n) is 10.3. The predicted molar refractivity (Wildman–Crippen MR) is 159 cm³/mol. The summed E-state index contributed by atoms with van der Waals surface area (Å²) in [5.41, 5.74) is 0.473. The van der Waals surface area contributed by atoms with Crippen LogP contribution in [0.4, 0.5) is 24.0 Å². The number of aliphatic hydroxyl groups is 1. The number of aliphatic hydroxyl groups excluding tert-OH is 1. The number of nitrogens with zero attached hydrogens (tertiary/aromatic N) is 3. The van der Waals surface area contributed by atoms with E-state index < -0.39 is 55.9 Å². The number of anilines is 1. The Kier molecular flexibility index (Phi) is 8.44. The summed E-state index contributed by atoms with van der Waals surface area (Å²) in [7, 11) is -4.25. The van der Waals surface area contributed by atoms with Gasteiger partial charge in [0.1, 0.15) is 15.7 Å². The topological polar surface area (TPSA) is 157 Å². The maximum atomic E-state index is 13.5. The number of aromatic nitrogens is 1. The summed E-state index contributed by atoms with van der Waals surface area (Å²) < 4.78 is 68.1. The molecule has 0 aliphatic carbocycles. The van der Waals surface area contributed by atoms with Gasteiger partial charge in [-0.3, -0.25) is 24.6 Å². The number of carbonyl (C=O) groups is 2. The van der Waals surface area contributed by atoms with Crippen molar-refractivity contribution in [3.05, 3.63) is 111 Å². The number of non-ortho nitro benzene ring substituents is 1. The van der Waals surface area contributed by atoms with Gasteiger partial charge in [0.05, 0.1) is 27.6 Å². The van der Waals surface area contributed by atoms with Crippen LogP contribution in [0.2, 0.25) is 0 Å². The van der Waals surface area contributed by atoms with Crippen molar-refractivity contribution in [1.29, 1.82) is 0 Å². The van der Waals surface area contributed by atoms with Crippen LogP contribution in [0, 0.1) is 10.1 Å². The van der Waals surface area contributed by atoms with Gasteiger partial charge in [0.15, 0.2) is 5.13 Å². The summed E-state index contributed by atoms with van der Waals surface area (Å²) in [4.78, 5) is 42.0. The molecule has 1 atom stereocenters. The normalized spacial score (nSPS) is 16.7. The van der Waals surface area contributed by atoms with Crippen LogP contribution in [-0.4, -0.2) is 41.5 Å². The summed E-state index contributed by atoms with van der Waals surface area (Å²) in [5, 5.41) is 22.1. The Hall–Kier alpha value is -5.09. The van der Waals surface area contributed by atoms with Gasteiger partial charge in [-0.05, 0) is 53.4 Å². The highest BCUT2D eigenvalue weighted by atomic mass is 32.2. The number of rotatable bonds is 8. The lowest BCUT2D eigenvalue weighted by molar-refractivity contribution is -0.384. The molecule has 1 N–H and O–H groups in total. The SMILES string of the molecule is CC(C)c1ccc(C2C(=C(O)c3ccc(OC(F)(F)F)cc3)C(=O)C(=O)N2c2ncc(S(=O)(=O)c3ccc([N+](=O)[O-])cc3)s2)cc1. The molecule has 4 aromatic rings. The Morgan fingerprint density at radius 2 is 1.63 bits per heavy atom. The van der Waals surface area contributed by atoms with Gasteiger partial charge in [0.2, 0.25) is 9.84 Å². The van der Waals surface area contributed by atoms with Crippen LogP contribution in [0.1, 0.15) is 42.5 Å². The van der Waals surface area contributed by atoms with E-state index in [1.807, 2.05) is 13.8 Å². The number of ether oxygens (including phenoxy) is 1. The Morgan fingerprint density at radius 3 is 2.17 bits per heavy atom. The van der Waals surface area contributed by atoms with Gasteiger partial charge in [0.25, 0.3) is 11.5 Å². The van der Waals surface area contributed by atoms with Crippen molar-refractivity contribution in [2.24, 2.45) is 0 Å². The fourth-order valence-corrected chi connectivity index (χ4v) is 7.27. The molecule has 1 saturated heterocycles. The van der Waals surface area contributed by atoms with Crippen LogP contribution in [0.25, 0.3) is 5.76 Å². The standard InChI is InChI=1S/C30H22F3N3O8S2/c1-16(2)17-3-5-18(6-4-17)25-24(26(37)19-7-11-21(12-8-19)44-30(31,32)33)27(38)28(39)35(25)29-34-15-23(45-29)46(42,43)22-13-9-20(10-14-22)36(40)41/h3-16,25,37H,1-2H3. The molecule has 1 unspecified atom stereocenters. The summed E-state index contributed by atoms with van der Waals surface area (Å²) in [6, 6.07) is 13.7. The van der Waals surface area contributed by atoms with E-state index in [2.05, 4.69) is 9.72 Å². The molecule has 2 heterocycles. The van der Waals surface area contributed by atoms with Crippen molar-refractivity contribution in [2.75, 3.05) is 4.90 Å². The van der Waals surface area contributed by atoms with Crippen molar-refractivity contribution in [1.82, 2.24) is 4.98 Å². The third kappa shape index (κ3) is 6.21. The third-order valence-electron chi connectivity index (χ3n) is 7.03. The number of thiazole rings is 1. The second kappa shape index (κ2) is 12.0. The van der Waals surface area contributed by atoms with Crippen LogP contribution in [0.5, 0.6) is 5.75 Å². The smallest absolute Gasteiger partial charge is 0.507 e. The molecule has 0 bridgehead atoms. The van der Waals surface area contributed by atoms with Gasteiger partial charge in [0, 0.05) is 17.7 Å². The number of alkyl halides is 3. The van der Waals surface area contributed by atoms with Crippen molar-refractivity contribution in [3.8, 4) is 5.75 Å². The highest BCUT2D eigenvalue weighted by Gasteiger charge is 2.48. The van der Waals surface area contributed by atoms with E-state index in [0.29, 0.717) is 16.9 Å². The van der Waals surface area contributed by atoms with E-state index in [1.54, 1.807) is 24.3 Å². The number of nitro groups is 1. The monoisotopic (exact) mass is 673 g/mol. The van der Waals surface area contributed by atoms with Crippen molar-refractivity contribution < 1.29 is 45.9 Å². The first-order valence-electron chi connectivity index (χ1n) is 13.3. The molecule has 3 aromatic carbocycles. The first-order chi connectivity index (χ1) is 21.6. The number of ketones is 1. The minimum atomic E-state index is -4.96. The van der Waals surface area contributed by atoms with E-state index in [0.717, 1.165) is 65.2 Å². The number of carbonyl (C=O) groups excluding carboxylic acids is 2. The zero-order valence-electron chi connectivity index (χ0n) is 23.8. The van der Waals surface area contributed by atoms with Crippen LogP contribution in [0.15, 0.2) is 93.7 Å². The highest BCUT2D eigenvalue weighted by Crippen LogP contribution is 2.44. The van der Waals surface area contributed by atoms with Crippen LogP contribution >= 0.6 is 11.3 Å². The lowest BCUT2D eigenvalue weighted by Gasteiger charge is -2.23. The predicted octanol–water partition coefficient (Wildman–Crippen LogP) is 6.53. The molecular weight excluding hydrogens is 651 g/mol. The molecule has 5 rings (SSSR count). The first kappa shape index (κ1) is 32.3. The average molecular weight is 674 g/mol. The van der Waals surface area contributed by atoms with Crippen molar-refractivity contribution in [3.63, 3.8) is 0 Å². The van der Waals surface area contributed by atoms with Crippen molar-refractivity contribution in [2.45, 2.75) is 41.3 Å². The molecule has 1 aromatic heterocycles. The van der Waals surface area contributed by atoms with E-state index in [-0.39, 0.29) is 31.4 Å². The number of hydrogen-bond donors (Lipinski definition) is 1. The molecule has 1 fully saturated rings. The Balaban J connectivity index is 1.60. The van der Waals surface area contributed by atoms with Crippen molar-refractivity contribution >= 4 is 49.4 Å². The molecule has 16 heteroatoms. The molecule has 0 radical (unpaired) electrons. The van der Waals surface area contributed by atoms with Crippen LogP contribution in [0.3, 0.4) is 0 Å². The molecule has 1 aliphatic heterocycles. The van der Waals surface area contributed by atoms with Crippen LogP contribution < -0.4 is 9.64 Å². The Labute approximate surface area is 263 Å². The lowest BCUT2D eigenvalue weighted by atomic mass is 9.93. The minimum Gasteiger partial charge on any atom is -0.507 e. The van der Waals surface area contributed by atoms with E-state index in [4.69, 9.17) is 0 Å².